The molecule has 0 aliphatic rings. The molecule has 0 aliphatic carbocycles. The van der Waals surface area contributed by atoms with Crippen molar-refractivity contribution in [2.24, 2.45) is 0 Å². The summed E-state index contributed by atoms with van der Waals surface area (Å²) in [5.41, 5.74) is 2.23. The minimum absolute atomic E-state index is 0.0634. The van der Waals surface area contributed by atoms with Crippen LogP contribution in [0.15, 0.2) is 42.5 Å². The van der Waals surface area contributed by atoms with Gasteiger partial charge in [-0.15, -0.1) is 0 Å². The van der Waals surface area contributed by atoms with Crippen molar-refractivity contribution in [3.8, 4) is 11.5 Å². The molecule has 0 saturated carbocycles. The number of benzene rings is 2. The second-order valence-corrected chi connectivity index (χ2v) is 5.07. The highest BCUT2D eigenvalue weighted by Gasteiger charge is 2.15. The highest BCUT2D eigenvalue weighted by atomic mass is 35.5. The molecule has 0 amide bonds. The van der Waals surface area contributed by atoms with Crippen LogP contribution in [0.3, 0.4) is 0 Å². The van der Waals surface area contributed by atoms with Crippen LogP contribution in [0.1, 0.15) is 24.1 Å². The summed E-state index contributed by atoms with van der Waals surface area (Å²) in [4.78, 5) is 0. The molecule has 0 bridgehead atoms. The largest absolute Gasteiger partial charge is 0.497 e. The molecular weight excluding hydrogens is 286 g/mol. The predicted molar refractivity (Wildman–Crippen MR) is 86.5 cm³/mol. The molecule has 21 heavy (non-hydrogen) atoms. The standard InChI is InChI=1S/C17H20ClNO2/c1-4-19-17(12-6-5-7-14(10-12)20-2)13-8-9-16(21-3)15(18)11-13/h5-11,17,19H,4H2,1-3H3. The first-order valence-corrected chi connectivity index (χ1v) is 7.28. The zero-order chi connectivity index (χ0) is 15.2. The van der Waals surface area contributed by atoms with E-state index >= 15 is 0 Å². The number of ether oxygens (including phenoxy) is 2. The zero-order valence-corrected chi connectivity index (χ0v) is 13.3. The molecule has 0 spiro atoms. The topological polar surface area (TPSA) is 30.5 Å². The summed E-state index contributed by atoms with van der Waals surface area (Å²) in [6.07, 6.45) is 0. The van der Waals surface area contributed by atoms with Gasteiger partial charge in [-0.3, -0.25) is 0 Å². The molecule has 4 heteroatoms. The van der Waals surface area contributed by atoms with E-state index < -0.39 is 0 Å². The molecule has 2 aromatic rings. The number of hydrogen-bond acceptors (Lipinski definition) is 3. The summed E-state index contributed by atoms with van der Waals surface area (Å²) in [6.45, 7) is 2.93. The van der Waals surface area contributed by atoms with E-state index in [1.165, 1.54) is 0 Å². The summed E-state index contributed by atoms with van der Waals surface area (Å²) in [5, 5.41) is 4.09. The quantitative estimate of drug-likeness (QED) is 0.873. The minimum Gasteiger partial charge on any atom is -0.497 e. The Kier molecular flexibility index (Phi) is 5.48. The lowest BCUT2D eigenvalue weighted by Gasteiger charge is -2.20. The average Bonchev–Trinajstić information content (AvgIpc) is 2.52. The molecule has 0 aromatic heterocycles. The van der Waals surface area contributed by atoms with Crippen molar-refractivity contribution in [2.45, 2.75) is 13.0 Å². The van der Waals surface area contributed by atoms with Crippen LogP contribution >= 0.6 is 11.6 Å². The van der Waals surface area contributed by atoms with Crippen LogP contribution in [0.5, 0.6) is 11.5 Å². The van der Waals surface area contributed by atoms with Crippen molar-refractivity contribution in [3.05, 3.63) is 58.6 Å². The Morgan fingerprint density at radius 3 is 2.43 bits per heavy atom. The Morgan fingerprint density at radius 2 is 1.81 bits per heavy atom. The van der Waals surface area contributed by atoms with Gasteiger partial charge >= 0.3 is 0 Å². The molecule has 1 atom stereocenters. The fourth-order valence-corrected chi connectivity index (χ4v) is 2.58. The normalized spacial score (nSPS) is 12.0. The molecule has 0 heterocycles. The molecule has 3 nitrogen and oxygen atoms in total. The van der Waals surface area contributed by atoms with Crippen molar-refractivity contribution in [2.75, 3.05) is 20.8 Å². The van der Waals surface area contributed by atoms with Crippen molar-refractivity contribution in [1.29, 1.82) is 0 Å². The van der Waals surface area contributed by atoms with Crippen LogP contribution in [0, 0.1) is 0 Å². The Hall–Kier alpha value is -1.71. The van der Waals surface area contributed by atoms with Gasteiger partial charge < -0.3 is 14.8 Å². The number of hydrogen-bond donors (Lipinski definition) is 1. The summed E-state index contributed by atoms with van der Waals surface area (Å²) in [7, 11) is 3.29. The Bertz CT molecular complexity index is 601. The van der Waals surface area contributed by atoms with Crippen LogP contribution in [-0.4, -0.2) is 20.8 Å². The Labute approximate surface area is 130 Å². The van der Waals surface area contributed by atoms with Gasteiger partial charge in [0.1, 0.15) is 11.5 Å². The lowest BCUT2D eigenvalue weighted by atomic mass is 9.98. The lowest BCUT2D eigenvalue weighted by molar-refractivity contribution is 0.413. The maximum atomic E-state index is 6.24. The first-order chi connectivity index (χ1) is 10.2. The predicted octanol–water partition coefficient (Wildman–Crippen LogP) is 4.06. The van der Waals surface area contributed by atoms with E-state index in [1.807, 2.05) is 36.4 Å². The third-order valence-electron chi connectivity index (χ3n) is 3.34. The minimum atomic E-state index is 0.0634. The van der Waals surface area contributed by atoms with Gasteiger partial charge in [0, 0.05) is 0 Å². The first-order valence-electron chi connectivity index (χ1n) is 6.90. The van der Waals surface area contributed by atoms with E-state index in [4.69, 9.17) is 21.1 Å². The lowest BCUT2D eigenvalue weighted by Crippen LogP contribution is -2.22. The Balaban J connectivity index is 2.40. The van der Waals surface area contributed by atoms with E-state index in [0.717, 1.165) is 23.4 Å². The molecule has 2 aromatic carbocycles. The SMILES string of the molecule is CCNC(c1cccc(OC)c1)c1ccc(OC)c(Cl)c1. The fourth-order valence-electron chi connectivity index (χ4n) is 2.32. The zero-order valence-electron chi connectivity index (χ0n) is 12.5. The number of rotatable bonds is 6. The average molecular weight is 306 g/mol. The van der Waals surface area contributed by atoms with Crippen molar-refractivity contribution >= 4 is 11.6 Å². The molecule has 0 saturated heterocycles. The highest BCUT2D eigenvalue weighted by Crippen LogP contribution is 2.31. The van der Waals surface area contributed by atoms with Gasteiger partial charge in [0.05, 0.1) is 25.3 Å². The van der Waals surface area contributed by atoms with E-state index in [9.17, 15) is 0 Å². The van der Waals surface area contributed by atoms with Crippen LogP contribution in [0.2, 0.25) is 5.02 Å². The van der Waals surface area contributed by atoms with Crippen LogP contribution in [0.4, 0.5) is 0 Å². The van der Waals surface area contributed by atoms with Gasteiger partial charge in [0.2, 0.25) is 0 Å². The molecule has 1 unspecified atom stereocenters. The molecular formula is C17H20ClNO2. The number of halogens is 1. The van der Waals surface area contributed by atoms with Crippen LogP contribution in [-0.2, 0) is 0 Å². The van der Waals surface area contributed by atoms with E-state index in [2.05, 4.69) is 18.3 Å². The van der Waals surface area contributed by atoms with Gasteiger partial charge in [0.15, 0.2) is 0 Å². The summed E-state index contributed by atoms with van der Waals surface area (Å²) in [5.74, 6) is 1.52. The second kappa shape index (κ2) is 7.34. The molecule has 112 valence electrons. The van der Waals surface area contributed by atoms with E-state index in [1.54, 1.807) is 14.2 Å². The summed E-state index contributed by atoms with van der Waals surface area (Å²) < 4.78 is 10.5. The third-order valence-corrected chi connectivity index (χ3v) is 3.64. The van der Waals surface area contributed by atoms with E-state index in [-0.39, 0.29) is 6.04 Å². The van der Waals surface area contributed by atoms with Crippen molar-refractivity contribution in [3.63, 3.8) is 0 Å². The smallest absolute Gasteiger partial charge is 0.137 e. The van der Waals surface area contributed by atoms with Crippen LogP contribution < -0.4 is 14.8 Å². The number of methoxy groups -OCH3 is 2. The van der Waals surface area contributed by atoms with Crippen LogP contribution in [0.25, 0.3) is 0 Å². The molecule has 0 fully saturated rings. The third kappa shape index (κ3) is 3.69. The second-order valence-electron chi connectivity index (χ2n) is 4.66. The van der Waals surface area contributed by atoms with Crippen molar-refractivity contribution in [1.82, 2.24) is 5.32 Å². The van der Waals surface area contributed by atoms with E-state index in [0.29, 0.717) is 10.8 Å². The maximum Gasteiger partial charge on any atom is 0.137 e. The monoisotopic (exact) mass is 305 g/mol. The van der Waals surface area contributed by atoms with Gasteiger partial charge in [-0.25, -0.2) is 0 Å². The molecule has 0 aliphatic heterocycles. The fraction of sp³-hybridized carbons (Fsp3) is 0.294. The summed E-state index contributed by atoms with van der Waals surface area (Å²) in [6, 6.07) is 14.0. The first kappa shape index (κ1) is 15.7. The van der Waals surface area contributed by atoms with Gasteiger partial charge in [-0.05, 0) is 41.9 Å². The molecule has 1 N–H and O–H groups in total. The van der Waals surface area contributed by atoms with Crippen molar-refractivity contribution < 1.29 is 9.47 Å². The Morgan fingerprint density at radius 1 is 1.05 bits per heavy atom. The highest BCUT2D eigenvalue weighted by molar-refractivity contribution is 6.32. The number of nitrogens with one attached hydrogen (secondary N) is 1. The molecule has 0 radical (unpaired) electrons. The van der Waals surface area contributed by atoms with Gasteiger partial charge in [0.25, 0.3) is 0 Å². The van der Waals surface area contributed by atoms with Gasteiger partial charge in [-0.2, -0.15) is 0 Å². The maximum absolute atomic E-state index is 6.24. The summed E-state index contributed by atoms with van der Waals surface area (Å²) >= 11 is 6.24. The van der Waals surface area contributed by atoms with Gasteiger partial charge in [-0.1, -0.05) is 36.7 Å². The molecule has 2 rings (SSSR count).